The molecule has 4 atom stereocenters. The zero-order valence-corrected chi connectivity index (χ0v) is 21.9. The SMILES string of the molecule is CCCCOC[C@H]1OC(O)(c2cnc(OCCCC)nc2C)C(OCCCC)[C@H]1OCCCC. The lowest BCUT2D eigenvalue weighted by Gasteiger charge is -2.31. The Morgan fingerprint density at radius 3 is 2.18 bits per heavy atom. The van der Waals surface area contributed by atoms with Crippen molar-refractivity contribution >= 4 is 0 Å². The molecule has 1 aromatic rings. The van der Waals surface area contributed by atoms with Crippen molar-refractivity contribution in [2.45, 2.75) is 110 Å². The van der Waals surface area contributed by atoms with Gasteiger partial charge in [0.25, 0.3) is 0 Å². The average Bonchev–Trinajstić information content (AvgIpc) is 3.09. The molecule has 8 nitrogen and oxygen atoms in total. The molecule has 1 N–H and O–H groups in total. The fourth-order valence-corrected chi connectivity index (χ4v) is 3.87. The normalized spacial score (nSPS) is 24.6. The Morgan fingerprint density at radius 2 is 1.53 bits per heavy atom. The van der Waals surface area contributed by atoms with E-state index in [1.807, 2.05) is 6.92 Å². The number of unbranched alkanes of at least 4 members (excludes halogenated alkanes) is 4. The predicted octanol–water partition coefficient (Wildman–Crippen LogP) is 4.70. The minimum Gasteiger partial charge on any atom is -0.463 e. The van der Waals surface area contributed by atoms with Gasteiger partial charge in [0.1, 0.15) is 18.3 Å². The minimum absolute atomic E-state index is 0.301. The van der Waals surface area contributed by atoms with Gasteiger partial charge in [0, 0.05) is 26.0 Å². The third kappa shape index (κ3) is 8.12. The van der Waals surface area contributed by atoms with Crippen LogP contribution in [0.5, 0.6) is 6.01 Å². The van der Waals surface area contributed by atoms with Crippen molar-refractivity contribution in [2.75, 3.05) is 33.0 Å². The van der Waals surface area contributed by atoms with E-state index in [4.69, 9.17) is 23.7 Å². The lowest BCUT2D eigenvalue weighted by atomic mass is 9.97. The molecule has 0 aliphatic carbocycles. The van der Waals surface area contributed by atoms with Crippen LogP contribution in [0.3, 0.4) is 0 Å². The summed E-state index contributed by atoms with van der Waals surface area (Å²) in [6, 6.07) is 0.301. The van der Waals surface area contributed by atoms with Gasteiger partial charge in [-0.25, -0.2) is 9.97 Å². The Balaban J connectivity index is 2.30. The quantitative estimate of drug-likeness (QED) is 0.301. The van der Waals surface area contributed by atoms with Crippen molar-refractivity contribution in [3.63, 3.8) is 0 Å². The van der Waals surface area contributed by atoms with E-state index in [0.29, 0.717) is 50.3 Å². The fourth-order valence-electron chi connectivity index (χ4n) is 3.87. The molecule has 8 heteroatoms. The molecule has 1 fully saturated rings. The Hall–Kier alpha value is -1.32. The van der Waals surface area contributed by atoms with Crippen LogP contribution in [0, 0.1) is 6.92 Å². The molecule has 1 aliphatic heterocycles. The van der Waals surface area contributed by atoms with Gasteiger partial charge in [-0.2, -0.15) is 0 Å². The second-order valence-electron chi connectivity index (χ2n) is 8.97. The molecule has 0 bridgehead atoms. The molecule has 0 radical (unpaired) electrons. The second kappa shape index (κ2) is 15.6. The summed E-state index contributed by atoms with van der Waals surface area (Å²) in [5, 5.41) is 11.9. The zero-order valence-electron chi connectivity index (χ0n) is 21.9. The highest BCUT2D eigenvalue weighted by Gasteiger charge is 2.58. The van der Waals surface area contributed by atoms with Crippen LogP contribution < -0.4 is 4.74 Å². The molecule has 2 unspecified atom stereocenters. The maximum Gasteiger partial charge on any atom is 0.316 e. The number of hydrogen-bond donors (Lipinski definition) is 1. The molecule has 2 rings (SSSR count). The van der Waals surface area contributed by atoms with Crippen LogP contribution in [0.25, 0.3) is 0 Å². The van der Waals surface area contributed by atoms with Gasteiger partial charge in [0.05, 0.1) is 24.5 Å². The highest BCUT2D eigenvalue weighted by Crippen LogP contribution is 2.42. The van der Waals surface area contributed by atoms with Crippen LogP contribution in [0.1, 0.15) is 90.3 Å². The number of rotatable bonds is 18. The van der Waals surface area contributed by atoms with Crippen molar-refractivity contribution in [3.05, 3.63) is 17.5 Å². The van der Waals surface area contributed by atoms with Gasteiger partial charge < -0.3 is 28.8 Å². The third-order valence-corrected chi connectivity index (χ3v) is 5.98. The first kappa shape index (κ1) is 28.9. The van der Waals surface area contributed by atoms with Gasteiger partial charge in [-0.1, -0.05) is 53.4 Å². The molecule has 0 saturated carbocycles. The second-order valence-corrected chi connectivity index (χ2v) is 8.97. The maximum atomic E-state index is 11.9. The third-order valence-electron chi connectivity index (χ3n) is 5.98. The lowest BCUT2D eigenvalue weighted by molar-refractivity contribution is -0.251. The first-order chi connectivity index (χ1) is 16.5. The number of hydrogen-bond acceptors (Lipinski definition) is 8. The van der Waals surface area contributed by atoms with Crippen molar-refractivity contribution in [2.24, 2.45) is 0 Å². The topological polar surface area (TPSA) is 92.2 Å². The van der Waals surface area contributed by atoms with Gasteiger partial charge >= 0.3 is 6.01 Å². The van der Waals surface area contributed by atoms with Crippen LogP contribution in [0.4, 0.5) is 0 Å². The molecule has 0 aromatic carbocycles. The number of aryl methyl sites for hydroxylation is 1. The molecular formula is C26H46N2O6. The van der Waals surface area contributed by atoms with E-state index in [9.17, 15) is 5.11 Å². The Kier molecular flexibility index (Phi) is 13.3. The van der Waals surface area contributed by atoms with Crippen LogP contribution >= 0.6 is 0 Å². The summed E-state index contributed by atoms with van der Waals surface area (Å²) >= 11 is 0. The highest BCUT2D eigenvalue weighted by molar-refractivity contribution is 5.27. The van der Waals surface area contributed by atoms with Crippen molar-refractivity contribution in [1.29, 1.82) is 0 Å². The molecule has 2 heterocycles. The van der Waals surface area contributed by atoms with E-state index in [1.165, 1.54) is 0 Å². The summed E-state index contributed by atoms with van der Waals surface area (Å²) in [6.45, 7) is 12.9. The lowest BCUT2D eigenvalue weighted by Crippen LogP contribution is -2.45. The molecule has 1 aliphatic rings. The maximum absolute atomic E-state index is 11.9. The summed E-state index contributed by atoms with van der Waals surface area (Å²) in [6.07, 6.45) is 7.74. The first-order valence-corrected chi connectivity index (χ1v) is 13.2. The predicted molar refractivity (Wildman–Crippen MR) is 131 cm³/mol. The Labute approximate surface area is 205 Å². The van der Waals surface area contributed by atoms with Gasteiger partial charge in [-0.15, -0.1) is 0 Å². The van der Waals surface area contributed by atoms with E-state index in [-0.39, 0.29) is 0 Å². The first-order valence-electron chi connectivity index (χ1n) is 13.2. The van der Waals surface area contributed by atoms with E-state index >= 15 is 0 Å². The van der Waals surface area contributed by atoms with E-state index in [0.717, 1.165) is 51.4 Å². The van der Waals surface area contributed by atoms with Gasteiger partial charge in [-0.05, 0) is 32.6 Å². The van der Waals surface area contributed by atoms with Crippen molar-refractivity contribution in [1.82, 2.24) is 9.97 Å². The average molecular weight is 483 g/mol. The smallest absolute Gasteiger partial charge is 0.316 e. The summed E-state index contributed by atoms with van der Waals surface area (Å²) in [5.74, 6) is -1.74. The summed E-state index contributed by atoms with van der Waals surface area (Å²) in [7, 11) is 0. The molecule has 1 saturated heterocycles. The van der Waals surface area contributed by atoms with Crippen LogP contribution in [-0.2, 0) is 24.7 Å². The van der Waals surface area contributed by atoms with Gasteiger partial charge in [-0.3, -0.25) is 0 Å². The molecule has 196 valence electrons. The van der Waals surface area contributed by atoms with Crippen LogP contribution in [0.15, 0.2) is 6.20 Å². The number of aromatic nitrogens is 2. The van der Waals surface area contributed by atoms with Gasteiger partial charge in [0.15, 0.2) is 0 Å². The van der Waals surface area contributed by atoms with Crippen molar-refractivity contribution in [3.8, 4) is 6.01 Å². The minimum atomic E-state index is -1.74. The summed E-state index contributed by atoms with van der Waals surface area (Å²) in [5.41, 5.74) is 1.06. The number of ether oxygens (including phenoxy) is 5. The molecule has 0 amide bonds. The monoisotopic (exact) mass is 482 g/mol. The summed E-state index contributed by atoms with van der Waals surface area (Å²) < 4.78 is 30.3. The Morgan fingerprint density at radius 1 is 0.912 bits per heavy atom. The van der Waals surface area contributed by atoms with E-state index in [1.54, 1.807) is 6.20 Å². The highest BCUT2D eigenvalue weighted by atomic mass is 16.7. The Bertz CT molecular complexity index is 691. The zero-order chi connectivity index (χ0) is 24.8. The largest absolute Gasteiger partial charge is 0.463 e. The molecule has 1 aromatic heterocycles. The standard InChI is InChI=1S/C26H46N2O6/c1-6-10-14-30-19-22-23(31-15-11-7-2)24(32-16-12-8-3)26(29,34-22)21-18-27-25(28-20(21)5)33-17-13-9-4/h18,22-24,29H,6-17,19H2,1-5H3/t22-,23+,24?,26?/m1/s1. The van der Waals surface area contributed by atoms with Crippen molar-refractivity contribution < 1.29 is 28.8 Å². The van der Waals surface area contributed by atoms with Crippen LogP contribution in [0.2, 0.25) is 0 Å². The fraction of sp³-hybridized carbons (Fsp3) is 0.846. The number of aliphatic hydroxyl groups is 1. The molecule has 0 spiro atoms. The van der Waals surface area contributed by atoms with Gasteiger partial charge in [0.2, 0.25) is 5.79 Å². The summed E-state index contributed by atoms with van der Waals surface area (Å²) in [4.78, 5) is 8.82. The van der Waals surface area contributed by atoms with Crippen LogP contribution in [-0.4, -0.2) is 66.4 Å². The molecule has 34 heavy (non-hydrogen) atoms. The molecular weight excluding hydrogens is 436 g/mol. The number of nitrogens with zero attached hydrogens (tertiary/aromatic N) is 2. The van der Waals surface area contributed by atoms with E-state index < -0.39 is 24.1 Å². The van der Waals surface area contributed by atoms with E-state index in [2.05, 4.69) is 37.7 Å².